The Balaban J connectivity index is 1.48. The molecule has 0 unspecified atom stereocenters. The first-order valence-electron chi connectivity index (χ1n) is 8.92. The molecular weight excluding hydrogens is 328 g/mol. The zero-order valence-corrected chi connectivity index (χ0v) is 15.0. The van der Waals surface area contributed by atoms with Crippen molar-refractivity contribution in [2.24, 2.45) is 0 Å². The van der Waals surface area contributed by atoms with E-state index < -0.39 is 0 Å². The van der Waals surface area contributed by atoms with Crippen LogP contribution in [0.1, 0.15) is 24.5 Å². The predicted octanol–water partition coefficient (Wildman–Crippen LogP) is 2.74. The predicted molar refractivity (Wildman–Crippen MR) is 101 cm³/mol. The van der Waals surface area contributed by atoms with E-state index in [1.165, 1.54) is 11.6 Å². The summed E-state index contributed by atoms with van der Waals surface area (Å²) < 4.78 is 4.85. The molecule has 1 saturated heterocycles. The van der Waals surface area contributed by atoms with Crippen LogP contribution in [-0.2, 0) is 16.1 Å². The van der Waals surface area contributed by atoms with Crippen molar-refractivity contribution >= 4 is 18.0 Å². The number of rotatable bonds is 7. The van der Waals surface area contributed by atoms with Crippen LogP contribution in [-0.4, -0.2) is 46.6 Å². The van der Waals surface area contributed by atoms with Crippen LogP contribution in [0.5, 0.6) is 0 Å². The number of esters is 1. The Labute approximate surface area is 153 Å². The molecule has 26 heavy (non-hydrogen) atoms. The smallest absolute Gasteiger partial charge is 0.330 e. The third kappa shape index (κ3) is 5.39. The first-order chi connectivity index (χ1) is 12.7. The molecule has 1 aromatic carbocycles. The van der Waals surface area contributed by atoms with Crippen molar-refractivity contribution in [1.29, 1.82) is 0 Å². The number of hydrogen-bond acceptors (Lipinski definition) is 6. The minimum Gasteiger partial charge on any atom is -0.463 e. The molecule has 0 spiro atoms. The van der Waals surface area contributed by atoms with E-state index >= 15 is 0 Å². The van der Waals surface area contributed by atoms with Crippen molar-refractivity contribution in [3.63, 3.8) is 0 Å². The van der Waals surface area contributed by atoms with Crippen molar-refractivity contribution in [2.75, 3.05) is 25.0 Å². The van der Waals surface area contributed by atoms with E-state index in [9.17, 15) is 4.79 Å². The van der Waals surface area contributed by atoms with Crippen molar-refractivity contribution in [1.82, 2.24) is 14.9 Å². The van der Waals surface area contributed by atoms with Gasteiger partial charge in [0.2, 0.25) is 5.95 Å². The molecular formula is C20H24N4O2. The minimum atomic E-state index is -0.362. The van der Waals surface area contributed by atoms with E-state index in [1.807, 2.05) is 6.07 Å². The van der Waals surface area contributed by atoms with Gasteiger partial charge in [-0.2, -0.15) is 0 Å². The van der Waals surface area contributed by atoms with E-state index in [-0.39, 0.29) is 5.97 Å². The van der Waals surface area contributed by atoms with E-state index in [2.05, 4.69) is 44.5 Å². The van der Waals surface area contributed by atoms with Crippen molar-refractivity contribution in [3.05, 3.63) is 59.9 Å². The number of nitrogens with one attached hydrogen (secondary N) is 1. The molecule has 2 aromatic rings. The van der Waals surface area contributed by atoms with Gasteiger partial charge in [-0.1, -0.05) is 30.3 Å². The SMILES string of the molecule is CCOC(=O)C=Cc1cnc(N[C@@H]2CCN(Cc3ccccc3)C2)nc1. The number of hydrogen-bond donors (Lipinski definition) is 1. The number of aromatic nitrogens is 2. The number of benzene rings is 1. The summed E-state index contributed by atoms with van der Waals surface area (Å²) in [5, 5.41) is 3.39. The Morgan fingerprint density at radius 1 is 1.31 bits per heavy atom. The van der Waals surface area contributed by atoms with Gasteiger partial charge >= 0.3 is 5.97 Å². The third-order valence-corrected chi connectivity index (χ3v) is 4.22. The van der Waals surface area contributed by atoms with Crippen molar-refractivity contribution < 1.29 is 9.53 Å². The Morgan fingerprint density at radius 2 is 2.08 bits per heavy atom. The standard InChI is InChI=1S/C20H24N4O2/c1-2-26-19(25)9-8-17-12-21-20(22-13-17)23-18-10-11-24(15-18)14-16-6-4-3-5-7-16/h3-9,12-13,18H,2,10-11,14-15H2,1H3,(H,21,22,23)/t18-/m1/s1. The summed E-state index contributed by atoms with van der Waals surface area (Å²) in [6.45, 7) is 5.15. The van der Waals surface area contributed by atoms with Crippen LogP contribution in [0.15, 0.2) is 48.8 Å². The molecule has 6 nitrogen and oxygen atoms in total. The second-order valence-corrected chi connectivity index (χ2v) is 6.28. The van der Waals surface area contributed by atoms with Gasteiger partial charge in [0.25, 0.3) is 0 Å². The highest BCUT2D eigenvalue weighted by Gasteiger charge is 2.22. The van der Waals surface area contributed by atoms with Gasteiger partial charge in [0.1, 0.15) is 0 Å². The van der Waals surface area contributed by atoms with Crippen molar-refractivity contribution in [3.8, 4) is 0 Å². The number of nitrogens with zero attached hydrogens (tertiary/aromatic N) is 3. The van der Waals surface area contributed by atoms with Crippen molar-refractivity contribution in [2.45, 2.75) is 25.9 Å². The molecule has 0 bridgehead atoms. The first-order valence-corrected chi connectivity index (χ1v) is 8.92. The molecule has 1 aliphatic rings. The van der Waals surface area contributed by atoms with Crippen LogP contribution >= 0.6 is 0 Å². The Bertz CT molecular complexity index is 731. The maximum absolute atomic E-state index is 11.3. The molecule has 1 fully saturated rings. The highest BCUT2D eigenvalue weighted by molar-refractivity contribution is 5.86. The maximum Gasteiger partial charge on any atom is 0.330 e. The van der Waals surface area contributed by atoms with Crippen LogP contribution in [0.25, 0.3) is 6.08 Å². The molecule has 6 heteroatoms. The van der Waals surface area contributed by atoms with Gasteiger partial charge in [-0.15, -0.1) is 0 Å². The molecule has 1 N–H and O–H groups in total. The normalized spacial score (nSPS) is 17.5. The molecule has 3 rings (SSSR count). The number of carbonyl (C=O) groups excluding carboxylic acids is 1. The van der Waals surface area contributed by atoms with Gasteiger partial charge in [0.15, 0.2) is 0 Å². The zero-order chi connectivity index (χ0) is 18.2. The van der Waals surface area contributed by atoms with E-state index in [0.717, 1.165) is 31.6 Å². The summed E-state index contributed by atoms with van der Waals surface area (Å²) >= 11 is 0. The average molecular weight is 352 g/mol. The summed E-state index contributed by atoms with van der Waals surface area (Å²) in [6, 6.07) is 10.9. The average Bonchev–Trinajstić information content (AvgIpc) is 3.09. The van der Waals surface area contributed by atoms with E-state index in [1.54, 1.807) is 25.4 Å². The summed E-state index contributed by atoms with van der Waals surface area (Å²) in [4.78, 5) is 22.4. The topological polar surface area (TPSA) is 67.3 Å². The lowest BCUT2D eigenvalue weighted by Crippen LogP contribution is -2.26. The molecule has 0 radical (unpaired) electrons. The van der Waals surface area contributed by atoms with Gasteiger partial charge in [-0.25, -0.2) is 14.8 Å². The van der Waals surface area contributed by atoms with E-state index in [0.29, 0.717) is 18.6 Å². The maximum atomic E-state index is 11.3. The number of anilines is 1. The fraction of sp³-hybridized carbons (Fsp3) is 0.350. The summed E-state index contributed by atoms with van der Waals surface area (Å²) in [7, 11) is 0. The summed E-state index contributed by atoms with van der Waals surface area (Å²) in [6.07, 6.45) is 7.50. The molecule has 1 aromatic heterocycles. The lowest BCUT2D eigenvalue weighted by atomic mass is 10.2. The van der Waals surface area contributed by atoms with Gasteiger partial charge in [0.05, 0.1) is 6.61 Å². The van der Waals surface area contributed by atoms with Gasteiger partial charge < -0.3 is 10.1 Å². The lowest BCUT2D eigenvalue weighted by Gasteiger charge is -2.16. The first kappa shape index (κ1) is 18.1. The van der Waals surface area contributed by atoms with Crippen LogP contribution in [0, 0.1) is 0 Å². The molecule has 136 valence electrons. The fourth-order valence-corrected chi connectivity index (χ4v) is 2.97. The van der Waals surface area contributed by atoms with Crippen LogP contribution < -0.4 is 5.32 Å². The number of likely N-dealkylation sites (tertiary alicyclic amines) is 1. The molecule has 2 heterocycles. The summed E-state index contributed by atoms with van der Waals surface area (Å²) in [5.41, 5.74) is 2.10. The van der Waals surface area contributed by atoms with Gasteiger partial charge in [-0.3, -0.25) is 4.90 Å². The lowest BCUT2D eigenvalue weighted by molar-refractivity contribution is -0.137. The zero-order valence-electron chi connectivity index (χ0n) is 15.0. The minimum absolute atomic E-state index is 0.347. The van der Waals surface area contributed by atoms with Gasteiger partial charge in [-0.05, 0) is 25.0 Å². The largest absolute Gasteiger partial charge is 0.463 e. The summed E-state index contributed by atoms with van der Waals surface area (Å²) in [5.74, 6) is 0.254. The van der Waals surface area contributed by atoms with Gasteiger partial charge in [0, 0.05) is 49.7 Å². The monoisotopic (exact) mass is 352 g/mol. The van der Waals surface area contributed by atoms with Crippen LogP contribution in [0.4, 0.5) is 5.95 Å². The molecule has 0 saturated carbocycles. The number of ether oxygens (including phenoxy) is 1. The Kier molecular flexibility index (Phi) is 6.33. The molecule has 0 amide bonds. The number of carbonyl (C=O) groups is 1. The molecule has 0 aliphatic carbocycles. The third-order valence-electron chi connectivity index (χ3n) is 4.22. The highest BCUT2D eigenvalue weighted by atomic mass is 16.5. The second kappa shape index (κ2) is 9.10. The van der Waals surface area contributed by atoms with E-state index in [4.69, 9.17) is 4.74 Å². The van der Waals surface area contributed by atoms with Crippen LogP contribution in [0.3, 0.4) is 0 Å². The Hall–Kier alpha value is -2.73. The fourth-order valence-electron chi connectivity index (χ4n) is 2.97. The molecule has 1 aliphatic heterocycles. The highest BCUT2D eigenvalue weighted by Crippen LogP contribution is 2.16. The van der Waals surface area contributed by atoms with Crippen LogP contribution in [0.2, 0.25) is 0 Å². The quantitative estimate of drug-likeness (QED) is 0.610. The molecule has 1 atom stereocenters. The Morgan fingerprint density at radius 3 is 2.81 bits per heavy atom. The second-order valence-electron chi connectivity index (χ2n) is 6.28.